The highest BCUT2D eigenvalue weighted by Crippen LogP contribution is 2.09. The fourth-order valence-corrected chi connectivity index (χ4v) is 1.85. The lowest BCUT2D eigenvalue weighted by molar-refractivity contribution is -0.134. The molecule has 1 heterocycles. The summed E-state index contributed by atoms with van der Waals surface area (Å²) in [5, 5.41) is 5.86. The van der Waals surface area contributed by atoms with Gasteiger partial charge in [0.05, 0.1) is 0 Å². The topological polar surface area (TPSA) is 61.4 Å². The minimum atomic E-state index is -0.471. The van der Waals surface area contributed by atoms with Crippen molar-refractivity contribution in [2.45, 2.75) is 33.7 Å². The van der Waals surface area contributed by atoms with Crippen molar-refractivity contribution in [2.24, 2.45) is 0 Å². The van der Waals surface area contributed by atoms with Gasteiger partial charge < -0.3 is 15.5 Å². The minimum Gasteiger partial charge on any atom is -0.341 e. The molecule has 5 nitrogen and oxygen atoms in total. The van der Waals surface area contributed by atoms with E-state index in [9.17, 15) is 9.59 Å². The third kappa shape index (κ3) is 3.32. The van der Waals surface area contributed by atoms with Crippen LogP contribution in [0.2, 0.25) is 0 Å². The van der Waals surface area contributed by atoms with Crippen LogP contribution in [-0.4, -0.2) is 48.9 Å². The number of hydrogen-bond donors (Lipinski definition) is 2. The van der Waals surface area contributed by atoms with Crippen LogP contribution in [0.4, 0.5) is 0 Å². The third-order valence-corrected chi connectivity index (χ3v) is 3.34. The van der Waals surface area contributed by atoms with Crippen molar-refractivity contribution in [1.29, 1.82) is 0 Å². The number of nitrogens with zero attached hydrogens (tertiary/aromatic N) is 1. The second kappa shape index (κ2) is 6.54. The van der Waals surface area contributed by atoms with Gasteiger partial charge in [0.2, 0.25) is 11.8 Å². The lowest BCUT2D eigenvalue weighted by Crippen LogP contribution is -2.47. The fourth-order valence-electron chi connectivity index (χ4n) is 1.85. The lowest BCUT2D eigenvalue weighted by Gasteiger charge is -2.25. The molecular formula is C13H23N3O2. The molecule has 18 heavy (non-hydrogen) atoms. The van der Waals surface area contributed by atoms with Gasteiger partial charge >= 0.3 is 0 Å². The van der Waals surface area contributed by atoms with Gasteiger partial charge in [-0.15, -0.1) is 0 Å². The van der Waals surface area contributed by atoms with Crippen LogP contribution in [-0.2, 0) is 9.59 Å². The normalized spacial score (nSPS) is 15.7. The van der Waals surface area contributed by atoms with Crippen LogP contribution in [0.1, 0.15) is 27.7 Å². The maximum Gasteiger partial charge on any atom is 0.247 e. The van der Waals surface area contributed by atoms with E-state index < -0.39 is 6.04 Å². The predicted molar refractivity (Wildman–Crippen MR) is 71.1 cm³/mol. The second-order valence-electron chi connectivity index (χ2n) is 4.54. The zero-order chi connectivity index (χ0) is 13.7. The van der Waals surface area contributed by atoms with Gasteiger partial charge in [0, 0.05) is 31.8 Å². The predicted octanol–water partition coefficient (Wildman–Crippen LogP) is 0.279. The molecule has 1 aliphatic heterocycles. The Bertz CT molecular complexity index is 353. The standard InChI is InChI=1S/C13H23N3O2/c1-5-16(6-2)13(18)10(4)15-12(17)9(3)11-7-14-8-11/h10,14H,5-8H2,1-4H3,(H,15,17). The molecule has 0 aromatic carbocycles. The number of carbonyl (C=O) groups excluding carboxylic acids is 2. The number of likely N-dealkylation sites (N-methyl/N-ethyl adjacent to an activating group) is 1. The monoisotopic (exact) mass is 253 g/mol. The summed E-state index contributed by atoms with van der Waals surface area (Å²) in [5.74, 6) is -0.169. The van der Waals surface area contributed by atoms with Crippen molar-refractivity contribution >= 4 is 11.8 Å². The molecule has 1 saturated heterocycles. The summed E-state index contributed by atoms with van der Waals surface area (Å²) in [6.07, 6.45) is 0. The zero-order valence-electron chi connectivity index (χ0n) is 11.7. The van der Waals surface area contributed by atoms with Crippen LogP contribution < -0.4 is 10.6 Å². The summed E-state index contributed by atoms with van der Waals surface area (Å²) < 4.78 is 0. The second-order valence-corrected chi connectivity index (χ2v) is 4.54. The lowest BCUT2D eigenvalue weighted by atomic mass is 10.0. The summed E-state index contributed by atoms with van der Waals surface area (Å²) in [6.45, 7) is 10.3. The number of amides is 2. The van der Waals surface area contributed by atoms with Crippen molar-refractivity contribution < 1.29 is 9.59 Å². The number of rotatable bonds is 5. The van der Waals surface area contributed by atoms with Crippen LogP contribution in [0.3, 0.4) is 0 Å². The molecule has 0 aromatic heterocycles. The highest BCUT2D eigenvalue weighted by molar-refractivity contribution is 5.97. The Kier molecular flexibility index (Phi) is 5.34. The van der Waals surface area contributed by atoms with Gasteiger partial charge in [0.15, 0.2) is 0 Å². The molecule has 0 spiro atoms. The van der Waals surface area contributed by atoms with E-state index in [4.69, 9.17) is 0 Å². The number of carbonyl (C=O) groups is 2. The minimum absolute atomic E-state index is 0.0297. The Morgan fingerprint density at radius 2 is 1.89 bits per heavy atom. The maximum atomic E-state index is 12.0. The van der Waals surface area contributed by atoms with Crippen molar-refractivity contribution in [2.75, 3.05) is 26.2 Å². The molecule has 0 saturated carbocycles. The van der Waals surface area contributed by atoms with Crippen LogP contribution in [0, 0.1) is 0 Å². The van der Waals surface area contributed by atoms with E-state index in [1.807, 2.05) is 13.8 Å². The molecular weight excluding hydrogens is 230 g/mol. The molecule has 1 rings (SSSR count). The van der Waals surface area contributed by atoms with Gasteiger partial charge in [-0.1, -0.05) is 0 Å². The molecule has 2 N–H and O–H groups in total. The van der Waals surface area contributed by atoms with E-state index in [1.165, 1.54) is 0 Å². The highest BCUT2D eigenvalue weighted by atomic mass is 16.2. The molecule has 0 bridgehead atoms. The van der Waals surface area contributed by atoms with Gasteiger partial charge in [-0.2, -0.15) is 0 Å². The summed E-state index contributed by atoms with van der Waals surface area (Å²) in [6, 6.07) is -0.471. The van der Waals surface area contributed by atoms with Crippen molar-refractivity contribution in [3.05, 3.63) is 11.1 Å². The Morgan fingerprint density at radius 3 is 2.28 bits per heavy atom. The molecule has 1 atom stereocenters. The number of nitrogens with one attached hydrogen (secondary N) is 2. The molecule has 1 aliphatic rings. The smallest absolute Gasteiger partial charge is 0.247 e. The first-order valence-electron chi connectivity index (χ1n) is 6.50. The number of hydrogen-bond acceptors (Lipinski definition) is 3. The van der Waals surface area contributed by atoms with Crippen LogP contribution in [0.15, 0.2) is 11.1 Å². The maximum absolute atomic E-state index is 12.0. The first kappa shape index (κ1) is 14.7. The Hall–Kier alpha value is -1.36. The first-order chi connectivity index (χ1) is 8.51. The van der Waals surface area contributed by atoms with E-state index >= 15 is 0 Å². The Morgan fingerprint density at radius 1 is 1.33 bits per heavy atom. The van der Waals surface area contributed by atoms with Crippen LogP contribution in [0.25, 0.3) is 0 Å². The molecule has 5 heteroatoms. The van der Waals surface area contributed by atoms with E-state index in [0.29, 0.717) is 13.1 Å². The van der Waals surface area contributed by atoms with E-state index in [1.54, 1.807) is 18.7 Å². The van der Waals surface area contributed by atoms with Crippen molar-refractivity contribution in [1.82, 2.24) is 15.5 Å². The van der Waals surface area contributed by atoms with Crippen molar-refractivity contribution in [3.63, 3.8) is 0 Å². The summed E-state index contributed by atoms with van der Waals surface area (Å²) in [4.78, 5) is 25.6. The van der Waals surface area contributed by atoms with E-state index in [2.05, 4.69) is 10.6 Å². The van der Waals surface area contributed by atoms with Crippen molar-refractivity contribution in [3.8, 4) is 0 Å². The Balaban J connectivity index is 2.56. The van der Waals surface area contributed by atoms with Gasteiger partial charge in [0.25, 0.3) is 0 Å². The van der Waals surface area contributed by atoms with Gasteiger partial charge in [-0.3, -0.25) is 9.59 Å². The fraction of sp³-hybridized carbons (Fsp3) is 0.692. The molecule has 1 unspecified atom stereocenters. The molecule has 0 aliphatic carbocycles. The summed E-state index contributed by atoms with van der Waals surface area (Å²) in [7, 11) is 0. The van der Waals surface area contributed by atoms with Crippen LogP contribution in [0.5, 0.6) is 0 Å². The van der Waals surface area contributed by atoms with E-state index in [-0.39, 0.29) is 11.8 Å². The molecule has 0 aromatic rings. The first-order valence-corrected chi connectivity index (χ1v) is 6.50. The van der Waals surface area contributed by atoms with Gasteiger partial charge in [-0.25, -0.2) is 0 Å². The zero-order valence-corrected chi connectivity index (χ0v) is 11.7. The van der Waals surface area contributed by atoms with Crippen LogP contribution >= 0.6 is 0 Å². The summed E-state index contributed by atoms with van der Waals surface area (Å²) in [5.41, 5.74) is 1.85. The molecule has 1 fully saturated rings. The molecule has 2 amide bonds. The largest absolute Gasteiger partial charge is 0.341 e. The van der Waals surface area contributed by atoms with Gasteiger partial charge in [0.1, 0.15) is 6.04 Å². The van der Waals surface area contributed by atoms with Gasteiger partial charge in [-0.05, 0) is 33.3 Å². The molecule has 102 valence electrons. The third-order valence-electron chi connectivity index (χ3n) is 3.34. The highest BCUT2D eigenvalue weighted by Gasteiger charge is 2.22. The quantitative estimate of drug-likeness (QED) is 0.692. The average Bonchev–Trinajstić information content (AvgIpc) is 2.27. The SMILES string of the molecule is CCN(CC)C(=O)C(C)NC(=O)C(C)=C1CNC1. The average molecular weight is 253 g/mol. The Labute approximate surface area is 109 Å². The molecule has 0 radical (unpaired) electrons. The van der Waals surface area contributed by atoms with E-state index in [0.717, 1.165) is 24.2 Å². The summed E-state index contributed by atoms with van der Waals surface area (Å²) >= 11 is 0.